The van der Waals surface area contributed by atoms with Crippen LogP contribution in [0, 0.1) is 29.2 Å². The lowest BCUT2D eigenvalue weighted by Crippen LogP contribution is -2.31. The Morgan fingerprint density at radius 1 is 1.27 bits per heavy atom. The van der Waals surface area contributed by atoms with Gasteiger partial charge < -0.3 is 9.84 Å². The van der Waals surface area contributed by atoms with Crippen LogP contribution in [0.3, 0.4) is 0 Å². The second-order valence-electron chi connectivity index (χ2n) is 9.55. The van der Waals surface area contributed by atoms with Gasteiger partial charge in [-0.1, -0.05) is 45.1 Å². The Labute approximate surface area is 161 Å². The molecule has 1 rings (SSSR count). The van der Waals surface area contributed by atoms with Crippen LogP contribution in [0.1, 0.15) is 59.8 Å². The molecular weight excluding hydrogens is 340 g/mol. The number of ether oxygens (including phenoxy) is 1. The maximum absolute atomic E-state index is 12.2. The number of hydrogen-bond donors (Lipinski definition) is 1. The summed E-state index contributed by atoms with van der Waals surface area (Å²) in [5.41, 5.74) is 2.88. The summed E-state index contributed by atoms with van der Waals surface area (Å²) in [5.74, 6) is 3.85. The molecule has 0 aromatic rings. The Balaban J connectivity index is 2.70. The number of aliphatic hydroxyl groups is 1. The third kappa shape index (κ3) is 8.55. The molecule has 0 aliphatic heterocycles. The van der Waals surface area contributed by atoms with E-state index in [1.54, 1.807) is 0 Å². The third-order valence-electron chi connectivity index (χ3n) is 4.78. The highest BCUT2D eigenvalue weighted by Gasteiger charge is 2.40. The van der Waals surface area contributed by atoms with Crippen LogP contribution in [0.2, 0.25) is 19.6 Å². The van der Waals surface area contributed by atoms with Crippen molar-refractivity contribution in [1.29, 1.82) is 0 Å². The maximum Gasteiger partial charge on any atom is 0.306 e. The molecule has 0 radical (unpaired) electrons. The van der Waals surface area contributed by atoms with E-state index >= 15 is 0 Å². The first kappa shape index (κ1) is 23.0. The lowest BCUT2D eigenvalue weighted by atomic mass is 9.81. The van der Waals surface area contributed by atoms with Crippen LogP contribution in [0.15, 0.2) is 12.2 Å². The van der Waals surface area contributed by atoms with E-state index in [4.69, 9.17) is 4.74 Å². The van der Waals surface area contributed by atoms with E-state index in [0.29, 0.717) is 18.8 Å². The van der Waals surface area contributed by atoms with E-state index < -0.39 is 19.8 Å². The second kappa shape index (κ2) is 9.76. The van der Waals surface area contributed by atoms with E-state index in [0.717, 1.165) is 19.3 Å². The molecule has 148 valence electrons. The minimum Gasteiger partial charge on any atom is -0.460 e. The first-order valence-corrected chi connectivity index (χ1v) is 13.5. The Kier molecular flexibility index (Phi) is 8.63. The van der Waals surface area contributed by atoms with E-state index in [9.17, 15) is 9.90 Å². The fourth-order valence-electron chi connectivity index (χ4n) is 3.78. The lowest BCUT2D eigenvalue weighted by Gasteiger charge is -2.28. The molecule has 0 bridgehead atoms. The summed E-state index contributed by atoms with van der Waals surface area (Å²) >= 11 is 0. The van der Waals surface area contributed by atoms with Crippen LogP contribution in [-0.4, -0.2) is 30.9 Å². The molecule has 0 saturated heterocycles. The Bertz CT molecular complexity index is 542. The summed E-state index contributed by atoms with van der Waals surface area (Å²) in [6.45, 7) is 14.5. The molecule has 0 aromatic heterocycles. The van der Waals surface area contributed by atoms with Crippen molar-refractivity contribution in [3.8, 4) is 11.5 Å². The van der Waals surface area contributed by atoms with Gasteiger partial charge in [0.2, 0.25) is 0 Å². The van der Waals surface area contributed by atoms with Gasteiger partial charge in [-0.05, 0) is 51.4 Å². The normalized spacial score (nSPS) is 25.0. The Morgan fingerprint density at radius 2 is 1.88 bits per heavy atom. The predicted octanol–water partition coefficient (Wildman–Crippen LogP) is 4.96. The Morgan fingerprint density at radius 3 is 2.42 bits per heavy atom. The van der Waals surface area contributed by atoms with Gasteiger partial charge in [-0.15, -0.1) is 11.5 Å². The minimum atomic E-state index is -1.33. The fraction of sp³-hybridized carbons (Fsp3) is 0.773. The summed E-state index contributed by atoms with van der Waals surface area (Å²) in [6, 6.07) is 0. The number of carbonyl (C=O) groups excluding carboxylic acids is 1. The third-order valence-corrected chi connectivity index (χ3v) is 5.71. The fourth-order valence-corrected chi connectivity index (χ4v) is 4.41. The van der Waals surface area contributed by atoms with Crippen LogP contribution in [0.25, 0.3) is 0 Å². The molecule has 0 aromatic carbocycles. The predicted molar refractivity (Wildman–Crippen MR) is 111 cm³/mol. The summed E-state index contributed by atoms with van der Waals surface area (Å²) in [4.78, 5) is 12.2. The van der Waals surface area contributed by atoms with Gasteiger partial charge in [0.15, 0.2) is 0 Å². The van der Waals surface area contributed by atoms with Gasteiger partial charge in [0.1, 0.15) is 13.7 Å². The highest BCUT2D eigenvalue weighted by molar-refractivity contribution is 6.83. The molecule has 1 N–H and O–H groups in total. The van der Waals surface area contributed by atoms with Crippen molar-refractivity contribution in [2.24, 2.45) is 17.8 Å². The average Bonchev–Trinajstić information content (AvgIpc) is 2.86. The SMILES string of the molecule is CC[C@H]1CC[C@@H](CC(=O)OC(C)(C)C)[C@@H]1C(O)/C=C/CC#C[Si](C)(C)C. The van der Waals surface area contributed by atoms with Crippen LogP contribution in [0.4, 0.5) is 0 Å². The summed E-state index contributed by atoms with van der Waals surface area (Å²) in [6.07, 6.45) is 7.55. The minimum absolute atomic E-state index is 0.133. The van der Waals surface area contributed by atoms with Gasteiger partial charge in [-0.25, -0.2) is 0 Å². The van der Waals surface area contributed by atoms with E-state index in [1.165, 1.54) is 0 Å². The van der Waals surface area contributed by atoms with Crippen LogP contribution >= 0.6 is 0 Å². The standard InChI is InChI=1S/C22H38O3Si/c1-8-17-13-14-18(16-20(24)25-22(2,3)4)21(17)19(23)12-10-9-11-15-26(5,6)7/h10,12,17-19,21,23H,8-9,13-14,16H2,1-7H3/b12-10+/t17-,18-,19?,21+/m0/s1. The van der Waals surface area contributed by atoms with Gasteiger partial charge in [0.05, 0.1) is 6.10 Å². The number of hydrogen-bond acceptors (Lipinski definition) is 3. The summed E-state index contributed by atoms with van der Waals surface area (Å²) in [5, 5.41) is 10.7. The molecule has 0 amide bonds. The van der Waals surface area contributed by atoms with Crippen molar-refractivity contribution in [2.75, 3.05) is 0 Å². The molecule has 26 heavy (non-hydrogen) atoms. The summed E-state index contributed by atoms with van der Waals surface area (Å²) in [7, 11) is -1.33. The number of carbonyl (C=O) groups is 1. The summed E-state index contributed by atoms with van der Waals surface area (Å²) < 4.78 is 5.49. The molecule has 1 unspecified atom stereocenters. The number of esters is 1. The highest BCUT2D eigenvalue weighted by atomic mass is 28.3. The first-order chi connectivity index (χ1) is 11.9. The quantitative estimate of drug-likeness (QED) is 0.307. The van der Waals surface area contributed by atoms with Crippen LogP contribution < -0.4 is 0 Å². The number of aliphatic hydroxyl groups excluding tert-OH is 1. The molecule has 4 heteroatoms. The van der Waals surface area contributed by atoms with Crippen molar-refractivity contribution in [1.82, 2.24) is 0 Å². The monoisotopic (exact) mass is 378 g/mol. The smallest absolute Gasteiger partial charge is 0.306 e. The zero-order valence-electron chi connectivity index (χ0n) is 17.8. The van der Waals surface area contributed by atoms with E-state index in [-0.39, 0.29) is 17.8 Å². The van der Waals surface area contributed by atoms with Crippen molar-refractivity contribution in [3.63, 3.8) is 0 Å². The molecule has 1 fully saturated rings. The molecule has 0 spiro atoms. The second-order valence-corrected chi connectivity index (χ2v) is 14.3. The van der Waals surface area contributed by atoms with Gasteiger partial charge in [0, 0.05) is 12.8 Å². The van der Waals surface area contributed by atoms with Gasteiger partial charge in [0.25, 0.3) is 0 Å². The molecule has 1 saturated carbocycles. The lowest BCUT2D eigenvalue weighted by molar-refractivity contribution is -0.156. The van der Waals surface area contributed by atoms with Crippen molar-refractivity contribution >= 4 is 14.0 Å². The Hall–Kier alpha value is -1.05. The maximum atomic E-state index is 12.2. The first-order valence-electron chi connectivity index (χ1n) is 9.99. The molecule has 1 aliphatic carbocycles. The average molecular weight is 379 g/mol. The van der Waals surface area contributed by atoms with E-state index in [1.807, 2.05) is 32.9 Å². The molecule has 4 atom stereocenters. The van der Waals surface area contributed by atoms with Gasteiger partial charge in [-0.2, -0.15) is 0 Å². The van der Waals surface area contributed by atoms with Gasteiger partial charge in [-0.3, -0.25) is 4.79 Å². The van der Waals surface area contributed by atoms with Crippen molar-refractivity contribution in [2.45, 2.75) is 91.1 Å². The van der Waals surface area contributed by atoms with Crippen molar-refractivity contribution < 1.29 is 14.6 Å². The molecule has 3 nitrogen and oxygen atoms in total. The molecular formula is C22H38O3Si. The van der Waals surface area contributed by atoms with Gasteiger partial charge >= 0.3 is 5.97 Å². The van der Waals surface area contributed by atoms with Crippen LogP contribution in [0.5, 0.6) is 0 Å². The molecule has 1 aliphatic rings. The largest absolute Gasteiger partial charge is 0.460 e. The highest BCUT2D eigenvalue weighted by Crippen LogP contribution is 2.43. The zero-order valence-corrected chi connectivity index (χ0v) is 18.8. The zero-order chi connectivity index (χ0) is 20.0. The van der Waals surface area contributed by atoms with Crippen LogP contribution in [-0.2, 0) is 9.53 Å². The van der Waals surface area contributed by atoms with Crippen molar-refractivity contribution in [3.05, 3.63) is 12.2 Å². The number of allylic oxidation sites excluding steroid dienone is 1. The number of rotatable bonds is 6. The van der Waals surface area contributed by atoms with E-state index in [2.05, 4.69) is 38.0 Å². The topological polar surface area (TPSA) is 46.5 Å². The molecule has 0 heterocycles.